The summed E-state index contributed by atoms with van der Waals surface area (Å²) in [4.78, 5) is 25.8. The fraction of sp³-hybridized carbons (Fsp3) is 1.00. The second-order valence-electron chi connectivity index (χ2n) is 4.60. The van der Waals surface area contributed by atoms with Gasteiger partial charge in [-0.05, 0) is 6.42 Å². The third-order valence-corrected chi connectivity index (χ3v) is 3.39. The molecule has 0 spiro atoms. The molecule has 6 heteroatoms. The van der Waals surface area contributed by atoms with Crippen LogP contribution in [-0.4, -0.2) is 30.0 Å². The van der Waals surface area contributed by atoms with Crippen molar-refractivity contribution in [3.05, 3.63) is 0 Å². The molecule has 0 atom stereocenters. The van der Waals surface area contributed by atoms with Gasteiger partial charge in [0.25, 0.3) is 0 Å². The van der Waals surface area contributed by atoms with Crippen LogP contribution in [0.5, 0.6) is 0 Å². The Balaban J connectivity index is -0.00000128. The van der Waals surface area contributed by atoms with Crippen LogP contribution < -0.4 is 51.4 Å². The van der Waals surface area contributed by atoms with E-state index in [0.717, 1.165) is 19.3 Å². The molecule has 0 saturated carbocycles. The Hall–Kier alpha value is 1.69. The molecule has 0 radical (unpaired) electrons. The first-order chi connectivity index (χ1) is 8.06. The molecule has 0 fully saturated rings. The van der Waals surface area contributed by atoms with Crippen molar-refractivity contribution in [3.8, 4) is 0 Å². The molecule has 106 valence electrons. The Morgan fingerprint density at radius 3 is 1.56 bits per heavy atom. The van der Waals surface area contributed by atoms with Crippen LogP contribution in [0.25, 0.3) is 0 Å². The van der Waals surface area contributed by atoms with E-state index in [-0.39, 0.29) is 59.4 Å². The fourth-order valence-corrected chi connectivity index (χ4v) is 2.22. The summed E-state index contributed by atoms with van der Waals surface area (Å²) >= 11 is 0. The zero-order valence-electron chi connectivity index (χ0n) is 13.0. The molecule has 0 aromatic carbocycles. The summed E-state index contributed by atoms with van der Waals surface area (Å²) < 4.78 is 4.51. The molecule has 0 saturated heterocycles. The van der Waals surface area contributed by atoms with Crippen molar-refractivity contribution >= 4 is 9.05 Å². The standard InChI is InChI=1S/C12H28O4Si.K.H/c1-2-3-4-5-6-7-8-9-10-11-12-16-17(13,14)15;;/h13-15H,2-12H2,1H3;;/q;+1;-1. The van der Waals surface area contributed by atoms with Gasteiger partial charge in [0.1, 0.15) is 0 Å². The van der Waals surface area contributed by atoms with Crippen LogP contribution >= 0.6 is 0 Å². The van der Waals surface area contributed by atoms with Crippen molar-refractivity contribution in [3.63, 3.8) is 0 Å². The molecule has 0 aliphatic heterocycles. The maximum absolute atomic E-state index is 8.59. The second kappa shape index (κ2) is 15.1. The van der Waals surface area contributed by atoms with Crippen LogP contribution in [0, 0.1) is 0 Å². The molecule has 0 amide bonds. The molecular formula is C12H29KO4Si. The maximum Gasteiger partial charge on any atom is 1.00 e. The van der Waals surface area contributed by atoms with E-state index < -0.39 is 9.05 Å². The number of unbranched alkanes of at least 4 members (excludes halogenated alkanes) is 9. The van der Waals surface area contributed by atoms with Gasteiger partial charge in [-0.15, -0.1) is 0 Å². The van der Waals surface area contributed by atoms with Gasteiger partial charge < -0.3 is 20.2 Å². The van der Waals surface area contributed by atoms with E-state index >= 15 is 0 Å². The van der Waals surface area contributed by atoms with Crippen LogP contribution in [0.2, 0.25) is 0 Å². The van der Waals surface area contributed by atoms with Crippen molar-refractivity contribution in [1.29, 1.82) is 0 Å². The van der Waals surface area contributed by atoms with Gasteiger partial charge in [0.05, 0.1) is 0 Å². The molecule has 0 rings (SSSR count). The largest absolute Gasteiger partial charge is 1.00 e. The molecular weight excluding hydrogens is 275 g/mol. The summed E-state index contributed by atoms with van der Waals surface area (Å²) in [5.41, 5.74) is 0. The molecule has 0 aliphatic rings. The van der Waals surface area contributed by atoms with E-state index in [1.165, 1.54) is 44.9 Å². The van der Waals surface area contributed by atoms with E-state index in [1.807, 2.05) is 0 Å². The average Bonchev–Trinajstić information content (AvgIpc) is 2.24. The zero-order chi connectivity index (χ0) is 13.0. The van der Waals surface area contributed by atoms with E-state index in [2.05, 4.69) is 11.3 Å². The van der Waals surface area contributed by atoms with Crippen molar-refractivity contribution in [2.75, 3.05) is 6.61 Å². The van der Waals surface area contributed by atoms with Gasteiger partial charge >= 0.3 is 60.4 Å². The molecule has 0 aromatic heterocycles. The van der Waals surface area contributed by atoms with Crippen LogP contribution in [-0.2, 0) is 4.43 Å². The summed E-state index contributed by atoms with van der Waals surface area (Å²) in [6.45, 7) is 2.47. The van der Waals surface area contributed by atoms with Gasteiger partial charge in [-0.25, -0.2) is 0 Å². The van der Waals surface area contributed by atoms with Gasteiger partial charge in [0, 0.05) is 6.61 Å². The summed E-state index contributed by atoms with van der Waals surface area (Å²) in [6.07, 6.45) is 12.2. The minimum absolute atomic E-state index is 0. The Morgan fingerprint density at radius 1 is 0.778 bits per heavy atom. The number of hydrogen-bond acceptors (Lipinski definition) is 4. The molecule has 0 aliphatic carbocycles. The Labute approximate surface area is 157 Å². The third kappa shape index (κ3) is 20.0. The SMILES string of the molecule is CCCCCCCCCCCCO[Si](O)(O)O.[H-].[K+]. The number of hydrogen-bond donors (Lipinski definition) is 3. The van der Waals surface area contributed by atoms with Gasteiger partial charge in [0.2, 0.25) is 0 Å². The van der Waals surface area contributed by atoms with Gasteiger partial charge in [-0.1, -0.05) is 64.7 Å². The predicted octanol–water partition coefficient (Wildman–Crippen LogP) is -0.547. The minimum atomic E-state index is -4.25. The Bertz CT molecular complexity index is 170. The topological polar surface area (TPSA) is 69.9 Å². The van der Waals surface area contributed by atoms with Gasteiger partial charge in [-0.2, -0.15) is 0 Å². The summed E-state index contributed by atoms with van der Waals surface area (Å²) in [5, 5.41) is 0. The average molecular weight is 305 g/mol. The van der Waals surface area contributed by atoms with E-state index in [1.54, 1.807) is 0 Å². The summed E-state index contributed by atoms with van der Waals surface area (Å²) in [6, 6.07) is 0. The second-order valence-corrected chi connectivity index (χ2v) is 6.04. The first-order valence-electron chi connectivity index (χ1n) is 6.87. The smallest absolute Gasteiger partial charge is 1.00 e. The van der Waals surface area contributed by atoms with E-state index in [4.69, 9.17) is 14.4 Å². The van der Waals surface area contributed by atoms with Crippen LogP contribution in [0.3, 0.4) is 0 Å². The molecule has 0 heterocycles. The quantitative estimate of drug-likeness (QED) is 0.334. The van der Waals surface area contributed by atoms with Gasteiger partial charge in [-0.3, -0.25) is 0 Å². The summed E-state index contributed by atoms with van der Waals surface area (Å²) in [5.74, 6) is 0. The third-order valence-electron chi connectivity index (χ3n) is 2.79. The predicted molar refractivity (Wildman–Crippen MR) is 71.3 cm³/mol. The minimum Gasteiger partial charge on any atom is -1.00 e. The van der Waals surface area contributed by atoms with Crippen LogP contribution in [0.4, 0.5) is 0 Å². The van der Waals surface area contributed by atoms with Crippen molar-refractivity contribution < 1.29 is 71.6 Å². The van der Waals surface area contributed by atoms with Crippen molar-refractivity contribution in [1.82, 2.24) is 0 Å². The Kier molecular flexibility index (Phi) is 18.4. The number of rotatable bonds is 12. The van der Waals surface area contributed by atoms with Crippen LogP contribution in [0.15, 0.2) is 0 Å². The van der Waals surface area contributed by atoms with E-state index in [0.29, 0.717) is 0 Å². The fourth-order valence-electron chi connectivity index (χ4n) is 1.80. The molecule has 3 N–H and O–H groups in total. The molecule has 0 unspecified atom stereocenters. The molecule has 0 aromatic rings. The summed E-state index contributed by atoms with van der Waals surface area (Å²) in [7, 11) is -4.25. The first-order valence-corrected chi connectivity index (χ1v) is 8.62. The van der Waals surface area contributed by atoms with Crippen molar-refractivity contribution in [2.45, 2.75) is 71.1 Å². The Morgan fingerprint density at radius 2 is 1.17 bits per heavy atom. The van der Waals surface area contributed by atoms with Gasteiger partial charge in [0.15, 0.2) is 0 Å². The molecule has 18 heavy (non-hydrogen) atoms. The maximum atomic E-state index is 8.59. The normalized spacial score (nSPS) is 11.3. The molecule has 0 bridgehead atoms. The van der Waals surface area contributed by atoms with E-state index in [9.17, 15) is 0 Å². The monoisotopic (exact) mass is 304 g/mol. The first kappa shape index (κ1) is 22.0. The zero-order valence-corrected chi connectivity index (χ0v) is 16.2. The van der Waals surface area contributed by atoms with Crippen LogP contribution in [0.1, 0.15) is 72.6 Å². The van der Waals surface area contributed by atoms with Crippen molar-refractivity contribution in [2.24, 2.45) is 0 Å². The molecule has 4 nitrogen and oxygen atoms in total.